The van der Waals surface area contributed by atoms with E-state index in [1.807, 2.05) is 18.3 Å². The highest BCUT2D eigenvalue weighted by atomic mass is 79.9. The maximum absolute atomic E-state index is 5.70. The standard InChI is InChI=1S/C12H14BrN3S/c1-2-8-7-15-5-3-9(8)11(16-14)12-10(13)4-6-17-12/h3-7,11,16H,2,14H2,1H3. The molecule has 3 N–H and O–H groups in total. The van der Waals surface area contributed by atoms with Gasteiger partial charge in [0.05, 0.1) is 6.04 Å². The van der Waals surface area contributed by atoms with Crippen molar-refractivity contribution in [3.05, 3.63) is 50.4 Å². The van der Waals surface area contributed by atoms with Crippen molar-refractivity contribution in [2.24, 2.45) is 5.84 Å². The minimum Gasteiger partial charge on any atom is -0.271 e. The number of hydrazine groups is 1. The number of pyridine rings is 1. The largest absolute Gasteiger partial charge is 0.271 e. The molecular weight excluding hydrogens is 298 g/mol. The van der Waals surface area contributed by atoms with E-state index in [1.54, 1.807) is 17.5 Å². The van der Waals surface area contributed by atoms with Crippen LogP contribution in [-0.2, 0) is 6.42 Å². The van der Waals surface area contributed by atoms with Crippen LogP contribution in [0.5, 0.6) is 0 Å². The van der Waals surface area contributed by atoms with Gasteiger partial charge in [0, 0.05) is 21.7 Å². The molecule has 1 unspecified atom stereocenters. The lowest BCUT2D eigenvalue weighted by Crippen LogP contribution is -2.29. The zero-order chi connectivity index (χ0) is 12.3. The number of aromatic nitrogens is 1. The number of nitrogens with two attached hydrogens (primary N) is 1. The summed E-state index contributed by atoms with van der Waals surface area (Å²) in [5.74, 6) is 5.70. The van der Waals surface area contributed by atoms with E-state index in [0.717, 1.165) is 10.9 Å². The Labute approximate surface area is 113 Å². The molecule has 0 fully saturated rings. The molecule has 2 rings (SSSR count). The van der Waals surface area contributed by atoms with Crippen LogP contribution in [0.1, 0.15) is 29.0 Å². The van der Waals surface area contributed by atoms with Gasteiger partial charge in [-0.05, 0) is 51.0 Å². The van der Waals surface area contributed by atoms with Crippen LogP contribution >= 0.6 is 27.3 Å². The third-order valence-electron chi connectivity index (χ3n) is 2.71. The minimum absolute atomic E-state index is 0.0160. The molecule has 0 amide bonds. The molecule has 0 saturated carbocycles. The molecule has 0 aliphatic rings. The van der Waals surface area contributed by atoms with Gasteiger partial charge in [0.1, 0.15) is 0 Å². The van der Waals surface area contributed by atoms with Gasteiger partial charge in [0.2, 0.25) is 0 Å². The molecule has 90 valence electrons. The van der Waals surface area contributed by atoms with E-state index in [0.29, 0.717) is 0 Å². The van der Waals surface area contributed by atoms with Gasteiger partial charge in [-0.25, -0.2) is 5.43 Å². The predicted octanol–water partition coefficient (Wildman–Crippen LogP) is 3.02. The molecule has 0 aliphatic heterocycles. The minimum atomic E-state index is 0.0160. The summed E-state index contributed by atoms with van der Waals surface area (Å²) >= 11 is 5.24. The van der Waals surface area contributed by atoms with Crippen molar-refractivity contribution in [2.45, 2.75) is 19.4 Å². The Kier molecular flexibility index (Phi) is 4.28. The van der Waals surface area contributed by atoms with Gasteiger partial charge in [-0.3, -0.25) is 10.8 Å². The highest BCUT2D eigenvalue weighted by Crippen LogP contribution is 2.33. The van der Waals surface area contributed by atoms with E-state index in [2.05, 4.69) is 38.6 Å². The maximum Gasteiger partial charge on any atom is 0.0817 e. The number of thiophene rings is 1. The SMILES string of the molecule is CCc1cnccc1C(NN)c1sccc1Br. The highest BCUT2D eigenvalue weighted by Gasteiger charge is 2.18. The van der Waals surface area contributed by atoms with Crippen molar-refractivity contribution in [2.75, 3.05) is 0 Å². The number of hydrogen-bond acceptors (Lipinski definition) is 4. The van der Waals surface area contributed by atoms with Crippen LogP contribution in [0.15, 0.2) is 34.4 Å². The highest BCUT2D eigenvalue weighted by molar-refractivity contribution is 9.10. The summed E-state index contributed by atoms with van der Waals surface area (Å²) in [6, 6.07) is 4.08. The molecule has 2 aromatic heterocycles. The average molecular weight is 312 g/mol. The molecule has 17 heavy (non-hydrogen) atoms. The van der Waals surface area contributed by atoms with Crippen LogP contribution in [-0.4, -0.2) is 4.98 Å². The Hall–Kier alpha value is -0.750. The second kappa shape index (κ2) is 5.73. The molecule has 5 heteroatoms. The van der Waals surface area contributed by atoms with Crippen molar-refractivity contribution in [1.29, 1.82) is 0 Å². The summed E-state index contributed by atoms with van der Waals surface area (Å²) in [6.45, 7) is 2.12. The fraction of sp³-hybridized carbons (Fsp3) is 0.250. The molecule has 0 aliphatic carbocycles. The number of rotatable bonds is 4. The first kappa shape index (κ1) is 12.7. The second-order valence-corrected chi connectivity index (χ2v) is 5.46. The summed E-state index contributed by atoms with van der Waals surface area (Å²) < 4.78 is 1.09. The van der Waals surface area contributed by atoms with Crippen LogP contribution in [0.2, 0.25) is 0 Å². The van der Waals surface area contributed by atoms with Crippen molar-refractivity contribution in [3.63, 3.8) is 0 Å². The molecule has 0 aromatic carbocycles. The Morgan fingerprint density at radius 3 is 2.94 bits per heavy atom. The van der Waals surface area contributed by atoms with Gasteiger partial charge in [-0.1, -0.05) is 6.92 Å². The van der Waals surface area contributed by atoms with Gasteiger partial charge in [-0.2, -0.15) is 0 Å². The summed E-state index contributed by atoms with van der Waals surface area (Å²) in [4.78, 5) is 5.35. The van der Waals surface area contributed by atoms with Crippen molar-refractivity contribution >= 4 is 27.3 Å². The monoisotopic (exact) mass is 311 g/mol. The van der Waals surface area contributed by atoms with E-state index < -0.39 is 0 Å². The summed E-state index contributed by atoms with van der Waals surface area (Å²) in [6.07, 6.45) is 4.66. The molecule has 0 radical (unpaired) electrons. The first-order chi connectivity index (χ1) is 8.27. The molecule has 0 spiro atoms. The van der Waals surface area contributed by atoms with E-state index in [4.69, 9.17) is 5.84 Å². The van der Waals surface area contributed by atoms with Gasteiger partial charge < -0.3 is 0 Å². The van der Waals surface area contributed by atoms with E-state index in [1.165, 1.54) is 16.0 Å². The number of halogens is 1. The molecule has 2 heterocycles. The predicted molar refractivity (Wildman–Crippen MR) is 74.8 cm³/mol. The van der Waals surface area contributed by atoms with Crippen LogP contribution in [0, 0.1) is 0 Å². The van der Waals surface area contributed by atoms with Crippen molar-refractivity contribution in [1.82, 2.24) is 10.4 Å². The number of nitrogens with one attached hydrogen (secondary N) is 1. The van der Waals surface area contributed by atoms with E-state index >= 15 is 0 Å². The zero-order valence-corrected chi connectivity index (χ0v) is 11.9. The van der Waals surface area contributed by atoms with Gasteiger partial charge >= 0.3 is 0 Å². The van der Waals surface area contributed by atoms with E-state index in [9.17, 15) is 0 Å². The van der Waals surface area contributed by atoms with Crippen LogP contribution in [0.3, 0.4) is 0 Å². The van der Waals surface area contributed by atoms with Gasteiger partial charge in [0.25, 0.3) is 0 Å². The average Bonchev–Trinajstić information content (AvgIpc) is 2.78. The lowest BCUT2D eigenvalue weighted by Gasteiger charge is -2.18. The van der Waals surface area contributed by atoms with Gasteiger partial charge in [-0.15, -0.1) is 11.3 Å². The molecule has 2 aromatic rings. The van der Waals surface area contributed by atoms with Crippen LogP contribution in [0.4, 0.5) is 0 Å². The Bertz CT molecular complexity index is 498. The maximum atomic E-state index is 5.70. The van der Waals surface area contributed by atoms with Crippen LogP contribution in [0.25, 0.3) is 0 Å². The Balaban J connectivity index is 2.46. The van der Waals surface area contributed by atoms with Crippen LogP contribution < -0.4 is 11.3 Å². The lowest BCUT2D eigenvalue weighted by atomic mass is 10.0. The van der Waals surface area contributed by atoms with Gasteiger partial charge in [0.15, 0.2) is 0 Å². The second-order valence-electron chi connectivity index (χ2n) is 3.66. The zero-order valence-electron chi connectivity index (χ0n) is 9.48. The molecular formula is C12H14BrN3S. The number of nitrogens with zero attached hydrogens (tertiary/aromatic N) is 1. The smallest absolute Gasteiger partial charge is 0.0817 e. The molecule has 3 nitrogen and oxygen atoms in total. The van der Waals surface area contributed by atoms with E-state index in [-0.39, 0.29) is 6.04 Å². The summed E-state index contributed by atoms with van der Waals surface area (Å²) in [5, 5.41) is 2.05. The van der Waals surface area contributed by atoms with Crippen molar-refractivity contribution in [3.8, 4) is 0 Å². The number of aryl methyl sites for hydroxylation is 1. The fourth-order valence-electron chi connectivity index (χ4n) is 1.83. The summed E-state index contributed by atoms with van der Waals surface area (Å²) in [7, 11) is 0. The topological polar surface area (TPSA) is 50.9 Å². The fourth-order valence-corrected chi connectivity index (χ4v) is 3.51. The third kappa shape index (κ3) is 2.57. The summed E-state index contributed by atoms with van der Waals surface area (Å²) in [5.41, 5.74) is 5.30. The normalized spacial score (nSPS) is 12.6. The first-order valence-corrected chi connectivity index (χ1v) is 7.07. The third-order valence-corrected chi connectivity index (χ3v) is 4.64. The first-order valence-electron chi connectivity index (χ1n) is 5.39. The Morgan fingerprint density at radius 2 is 2.35 bits per heavy atom. The van der Waals surface area contributed by atoms with Crippen molar-refractivity contribution < 1.29 is 0 Å². The lowest BCUT2D eigenvalue weighted by molar-refractivity contribution is 0.638. The number of hydrogen-bond donors (Lipinski definition) is 2. The molecule has 1 atom stereocenters. The molecule has 0 bridgehead atoms. The Morgan fingerprint density at radius 1 is 1.53 bits per heavy atom. The quantitative estimate of drug-likeness (QED) is 0.674. The molecule has 0 saturated heterocycles.